The molecule has 1 heterocycles. The molecule has 1 aromatic heterocycles. The van der Waals surface area contributed by atoms with Crippen LogP contribution in [0.25, 0.3) is 0 Å². The fourth-order valence-corrected chi connectivity index (χ4v) is 1.35. The molecular formula is C11H14N2O4. The van der Waals surface area contributed by atoms with Gasteiger partial charge in [0.05, 0.1) is 6.61 Å². The number of aromatic nitrogens is 1. The van der Waals surface area contributed by atoms with E-state index < -0.39 is 18.1 Å². The van der Waals surface area contributed by atoms with Crippen molar-refractivity contribution in [2.75, 3.05) is 6.61 Å². The lowest BCUT2D eigenvalue weighted by Gasteiger charge is -2.20. The van der Waals surface area contributed by atoms with E-state index in [4.69, 9.17) is 4.74 Å². The highest BCUT2D eigenvalue weighted by Gasteiger charge is 2.28. The Hall–Kier alpha value is -1.95. The zero-order valence-corrected chi connectivity index (χ0v) is 9.37. The number of rotatable bonds is 6. The van der Waals surface area contributed by atoms with E-state index in [0.29, 0.717) is 12.0 Å². The largest absolute Gasteiger partial charge is 0.464 e. The molecule has 1 rings (SSSR count). The average Bonchev–Trinajstić information content (AvgIpc) is 2.36. The van der Waals surface area contributed by atoms with Gasteiger partial charge in [0.25, 0.3) is 0 Å². The van der Waals surface area contributed by atoms with Crippen LogP contribution in [0.1, 0.15) is 18.6 Å². The van der Waals surface area contributed by atoms with E-state index in [0.717, 1.165) is 0 Å². The van der Waals surface area contributed by atoms with E-state index in [9.17, 15) is 14.7 Å². The first-order valence-corrected chi connectivity index (χ1v) is 5.15. The molecular weight excluding hydrogens is 224 g/mol. The van der Waals surface area contributed by atoms with Crippen LogP contribution in [0.4, 0.5) is 0 Å². The summed E-state index contributed by atoms with van der Waals surface area (Å²) >= 11 is 0. The fourth-order valence-electron chi connectivity index (χ4n) is 1.35. The highest BCUT2D eigenvalue weighted by molar-refractivity contribution is 5.79. The number of carbonyl (C=O) groups is 2. The third-order valence-corrected chi connectivity index (χ3v) is 2.15. The molecule has 17 heavy (non-hydrogen) atoms. The molecule has 2 unspecified atom stereocenters. The second-order valence-electron chi connectivity index (χ2n) is 3.24. The number of esters is 1. The van der Waals surface area contributed by atoms with Crippen molar-refractivity contribution in [2.24, 2.45) is 0 Å². The lowest BCUT2D eigenvalue weighted by atomic mass is 10.0. The summed E-state index contributed by atoms with van der Waals surface area (Å²) in [4.78, 5) is 25.7. The maximum absolute atomic E-state index is 11.5. The Bertz CT molecular complexity index is 369. The van der Waals surface area contributed by atoms with Crippen molar-refractivity contribution in [3.63, 3.8) is 0 Å². The van der Waals surface area contributed by atoms with Gasteiger partial charge in [0.1, 0.15) is 6.10 Å². The molecule has 0 aliphatic rings. The number of aliphatic hydroxyl groups is 1. The molecule has 0 fully saturated rings. The number of aliphatic hydroxyl groups excluding tert-OH is 1. The number of pyridine rings is 1. The molecule has 6 heteroatoms. The Labute approximate surface area is 98.6 Å². The van der Waals surface area contributed by atoms with Gasteiger partial charge in [-0.25, -0.2) is 4.79 Å². The number of carbonyl (C=O) groups excluding carboxylic acids is 2. The van der Waals surface area contributed by atoms with Crippen molar-refractivity contribution < 1.29 is 19.4 Å². The number of amides is 1. The average molecular weight is 238 g/mol. The lowest BCUT2D eigenvalue weighted by Crippen LogP contribution is -2.42. The van der Waals surface area contributed by atoms with Crippen LogP contribution in [0.5, 0.6) is 0 Å². The Morgan fingerprint density at radius 1 is 1.59 bits per heavy atom. The van der Waals surface area contributed by atoms with Gasteiger partial charge < -0.3 is 15.2 Å². The summed E-state index contributed by atoms with van der Waals surface area (Å²) in [6, 6.07) is 2.00. The molecule has 0 aliphatic carbocycles. The summed E-state index contributed by atoms with van der Waals surface area (Å²) in [6.45, 7) is 1.83. The summed E-state index contributed by atoms with van der Waals surface area (Å²) < 4.78 is 4.76. The minimum Gasteiger partial charge on any atom is -0.464 e. The van der Waals surface area contributed by atoms with E-state index in [-0.39, 0.29) is 6.61 Å². The van der Waals surface area contributed by atoms with Crippen LogP contribution < -0.4 is 5.32 Å². The standard InChI is InChI=1S/C11H14N2O4/c1-2-17-11(16)9(13-7-14)10(15)8-3-5-12-6-4-8/h3-7,9-10,15H,2H2,1H3,(H,13,14). The molecule has 1 aromatic rings. The molecule has 2 N–H and O–H groups in total. The van der Waals surface area contributed by atoms with Crippen molar-refractivity contribution in [2.45, 2.75) is 19.1 Å². The second kappa shape index (κ2) is 6.59. The van der Waals surface area contributed by atoms with Crippen molar-refractivity contribution >= 4 is 12.4 Å². The Morgan fingerprint density at radius 2 is 2.24 bits per heavy atom. The van der Waals surface area contributed by atoms with E-state index in [1.54, 1.807) is 19.1 Å². The van der Waals surface area contributed by atoms with E-state index >= 15 is 0 Å². The quantitative estimate of drug-likeness (QED) is 0.529. The number of ether oxygens (including phenoxy) is 1. The van der Waals surface area contributed by atoms with Gasteiger partial charge >= 0.3 is 5.97 Å². The van der Waals surface area contributed by atoms with Crippen LogP contribution in [0.2, 0.25) is 0 Å². The van der Waals surface area contributed by atoms with E-state index in [1.807, 2.05) is 0 Å². The van der Waals surface area contributed by atoms with Gasteiger partial charge in [-0.2, -0.15) is 0 Å². The fraction of sp³-hybridized carbons (Fsp3) is 0.364. The predicted octanol–water partition coefficient (Wildman–Crippen LogP) is -0.207. The highest BCUT2D eigenvalue weighted by atomic mass is 16.5. The summed E-state index contributed by atoms with van der Waals surface area (Å²) in [5.74, 6) is -0.677. The molecule has 92 valence electrons. The van der Waals surface area contributed by atoms with Gasteiger partial charge in [-0.15, -0.1) is 0 Å². The Kier molecular flexibility index (Phi) is 5.09. The highest BCUT2D eigenvalue weighted by Crippen LogP contribution is 2.16. The van der Waals surface area contributed by atoms with Crippen LogP contribution in [-0.2, 0) is 14.3 Å². The Morgan fingerprint density at radius 3 is 2.76 bits per heavy atom. The normalized spacial score (nSPS) is 13.5. The van der Waals surface area contributed by atoms with Crippen LogP contribution in [-0.4, -0.2) is 35.1 Å². The number of hydrogen-bond acceptors (Lipinski definition) is 5. The van der Waals surface area contributed by atoms with Crippen molar-refractivity contribution in [3.05, 3.63) is 30.1 Å². The van der Waals surface area contributed by atoms with Gasteiger partial charge in [0.2, 0.25) is 6.41 Å². The topological polar surface area (TPSA) is 88.5 Å². The van der Waals surface area contributed by atoms with Crippen LogP contribution >= 0.6 is 0 Å². The van der Waals surface area contributed by atoms with E-state index in [1.165, 1.54) is 12.4 Å². The molecule has 0 bridgehead atoms. The maximum atomic E-state index is 11.5. The molecule has 0 saturated carbocycles. The third kappa shape index (κ3) is 3.53. The monoisotopic (exact) mass is 238 g/mol. The first-order chi connectivity index (χ1) is 8.20. The Balaban J connectivity index is 2.83. The summed E-state index contributed by atoms with van der Waals surface area (Å²) in [5.41, 5.74) is 0.479. The molecule has 0 aromatic carbocycles. The molecule has 6 nitrogen and oxygen atoms in total. The van der Waals surface area contributed by atoms with Crippen molar-refractivity contribution in [1.82, 2.24) is 10.3 Å². The minimum atomic E-state index is -1.16. The minimum absolute atomic E-state index is 0.179. The van der Waals surface area contributed by atoms with Gasteiger partial charge in [0.15, 0.2) is 6.04 Å². The van der Waals surface area contributed by atoms with Crippen LogP contribution in [0, 0.1) is 0 Å². The molecule has 2 atom stereocenters. The smallest absolute Gasteiger partial charge is 0.331 e. The van der Waals surface area contributed by atoms with Gasteiger partial charge in [0, 0.05) is 12.4 Å². The zero-order valence-electron chi connectivity index (χ0n) is 9.37. The second-order valence-corrected chi connectivity index (χ2v) is 3.24. The van der Waals surface area contributed by atoms with Gasteiger partial charge in [-0.1, -0.05) is 0 Å². The molecule has 0 saturated heterocycles. The number of nitrogens with one attached hydrogen (secondary N) is 1. The third-order valence-electron chi connectivity index (χ3n) is 2.15. The molecule has 0 radical (unpaired) electrons. The lowest BCUT2D eigenvalue weighted by molar-refractivity contribution is -0.149. The predicted molar refractivity (Wildman–Crippen MR) is 58.8 cm³/mol. The first-order valence-electron chi connectivity index (χ1n) is 5.15. The summed E-state index contributed by atoms with van der Waals surface area (Å²) in [6.07, 6.45) is 2.16. The molecule has 0 aliphatic heterocycles. The summed E-state index contributed by atoms with van der Waals surface area (Å²) in [7, 11) is 0. The first kappa shape index (κ1) is 13.1. The molecule has 0 spiro atoms. The van der Waals surface area contributed by atoms with Gasteiger partial charge in [-0.3, -0.25) is 9.78 Å². The van der Waals surface area contributed by atoms with Gasteiger partial charge in [-0.05, 0) is 24.6 Å². The maximum Gasteiger partial charge on any atom is 0.331 e. The van der Waals surface area contributed by atoms with Crippen molar-refractivity contribution in [1.29, 1.82) is 0 Å². The van der Waals surface area contributed by atoms with E-state index in [2.05, 4.69) is 10.3 Å². The van der Waals surface area contributed by atoms with Crippen LogP contribution in [0.15, 0.2) is 24.5 Å². The summed E-state index contributed by atoms with van der Waals surface area (Å²) in [5, 5.41) is 12.2. The number of hydrogen-bond donors (Lipinski definition) is 2. The SMILES string of the molecule is CCOC(=O)C(NC=O)C(O)c1ccncc1. The van der Waals surface area contributed by atoms with Crippen LogP contribution in [0.3, 0.4) is 0 Å². The zero-order chi connectivity index (χ0) is 12.7. The van der Waals surface area contributed by atoms with Crippen molar-refractivity contribution in [3.8, 4) is 0 Å². The number of nitrogens with zero attached hydrogens (tertiary/aromatic N) is 1. The molecule has 1 amide bonds.